The molecule has 0 radical (unpaired) electrons. The molecule has 1 aromatic carbocycles. The van der Waals surface area contributed by atoms with Crippen LogP contribution in [-0.4, -0.2) is 16.0 Å². The summed E-state index contributed by atoms with van der Waals surface area (Å²) in [7, 11) is 0. The molecule has 0 unspecified atom stereocenters. The number of benzene rings is 1. The largest absolute Gasteiger partial charge is 0.330 e. The van der Waals surface area contributed by atoms with Gasteiger partial charge in [0, 0.05) is 11.4 Å². The maximum absolute atomic E-state index is 8.76. The van der Waals surface area contributed by atoms with Gasteiger partial charge in [0.15, 0.2) is 4.34 Å². The second-order valence-corrected chi connectivity index (χ2v) is 6.90. The number of aryl methyl sites for hydroxylation is 2. The van der Waals surface area contributed by atoms with E-state index in [1.54, 1.807) is 11.8 Å². The molecule has 20 heavy (non-hydrogen) atoms. The monoisotopic (exact) mass is 304 g/mol. The number of hydrogen-bond acceptors (Lipinski definition) is 6. The van der Waals surface area contributed by atoms with Crippen LogP contribution in [-0.2, 0) is 0 Å². The molecule has 0 spiro atoms. The Labute approximate surface area is 127 Å². The van der Waals surface area contributed by atoms with Crippen LogP contribution in [0.1, 0.15) is 18.1 Å². The van der Waals surface area contributed by atoms with Crippen molar-refractivity contribution >= 4 is 33.9 Å². The van der Waals surface area contributed by atoms with Crippen LogP contribution >= 0.6 is 23.1 Å². The third-order valence-corrected chi connectivity index (χ3v) is 4.94. The lowest BCUT2D eigenvalue weighted by molar-refractivity contribution is 0.862. The first-order valence-electron chi connectivity index (χ1n) is 6.28. The van der Waals surface area contributed by atoms with Crippen LogP contribution in [0.2, 0.25) is 0 Å². The lowest BCUT2D eigenvalue weighted by Crippen LogP contribution is -1.92. The normalized spacial score (nSPS) is 11.9. The van der Waals surface area contributed by atoms with Crippen molar-refractivity contribution in [3.05, 3.63) is 29.3 Å². The Bertz CT molecular complexity index is 630. The second-order valence-electron chi connectivity index (χ2n) is 4.66. The molecule has 0 saturated carbocycles. The van der Waals surface area contributed by atoms with Crippen LogP contribution < -0.4 is 5.32 Å². The first-order chi connectivity index (χ1) is 9.58. The highest BCUT2D eigenvalue weighted by Gasteiger charge is 2.08. The van der Waals surface area contributed by atoms with Gasteiger partial charge >= 0.3 is 0 Å². The minimum Gasteiger partial charge on any atom is -0.330 e. The number of nitrogens with zero attached hydrogens (tertiary/aromatic N) is 3. The number of rotatable bonds is 5. The van der Waals surface area contributed by atoms with Gasteiger partial charge < -0.3 is 5.32 Å². The van der Waals surface area contributed by atoms with E-state index in [-0.39, 0.29) is 5.92 Å². The molecule has 6 heteroatoms. The minimum atomic E-state index is 0.0275. The summed E-state index contributed by atoms with van der Waals surface area (Å²) < 4.78 is 0.888. The Morgan fingerprint density at radius 2 is 2.20 bits per heavy atom. The van der Waals surface area contributed by atoms with Crippen LogP contribution in [0, 0.1) is 31.1 Å². The first kappa shape index (κ1) is 14.8. The fraction of sp³-hybridized carbons (Fsp3) is 0.357. The second kappa shape index (κ2) is 6.73. The zero-order valence-electron chi connectivity index (χ0n) is 11.7. The topological polar surface area (TPSA) is 61.6 Å². The number of thioether (sulfide) groups is 1. The standard InChI is InChI=1S/C14H16N4S2/c1-9-4-5-12(11(3)6-9)16-13-17-18-14(20-13)19-8-10(2)7-15/h4-6,10H,8H2,1-3H3,(H,16,17)/t10-/m1/s1. The van der Waals surface area contributed by atoms with E-state index < -0.39 is 0 Å². The van der Waals surface area contributed by atoms with Crippen LogP contribution in [0.15, 0.2) is 22.5 Å². The van der Waals surface area contributed by atoms with Crippen molar-refractivity contribution in [3.8, 4) is 6.07 Å². The summed E-state index contributed by atoms with van der Waals surface area (Å²) >= 11 is 3.09. The molecule has 1 aromatic heterocycles. The van der Waals surface area contributed by atoms with Gasteiger partial charge in [-0.1, -0.05) is 40.8 Å². The van der Waals surface area contributed by atoms with Gasteiger partial charge in [-0.05, 0) is 32.4 Å². The zero-order valence-corrected chi connectivity index (χ0v) is 13.3. The smallest absolute Gasteiger partial charge is 0.210 e. The molecule has 2 aromatic rings. The van der Waals surface area contributed by atoms with E-state index in [1.807, 2.05) is 6.92 Å². The molecule has 1 N–H and O–H groups in total. The number of nitriles is 1. The van der Waals surface area contributed by atoms with Gasteiger partial charge in [0.2, 0.25) is 5.13 Å². The van der Waals surface area contributed by atoms with Crippen molar-refractivity contribution in [2.45, 2.75) is 25.1 Å². The van der Waals surface area contributed by atoms with Crippen molar-refractivity contribution in [1.82, 2.24) is 10.2 Å². The maximum Gasteiger partial charge on any atom is 0.210 e. The molecule has 0 aliphatic heterocycles. The molecule has 0 aliphatic rings. The molecule has 0 bridgehead atoms. The number of nitrogens with one attached hydrogen (secondary N) is 1. The lowest BCUT2D eigenvalue weighted by atomic mass is 10.1. The van der Waals surface area contributed by atoms with Gasteiger partial charge in [-0.25, -0.2) is 0 Å². The lowest BCUT2D eigenvalue weighted by Gasteiger charge is -2.06. The van der Waals surface area contributed by atoms with E-state index in [9.17, 15) is 0 Å². The van der Waals surface area contributed by atoms with Crippen molar-refractivity contribution in [2.75, 3.05) is 11.1 Å². The average molecular weight is 304 g/mol. The quantitative estimate of drug-likeness (QED) is 0.841. The molecule has 4 nitrogen and oxygen atoms in total. The van der Waals surface area contributed by atoms with Crippen LogP contribution in [0.3, 0.4) is 0 Å². The van der Waals surface area contributed by atoms with Gasteiger partial charge in [0.1, 0.15) is 0 Å². The molecule has 1 heterocycles. The van der Waals surface area contributed by atoms with Gasteiger partial charge in [0.25, 0.3) is 0 Å². The Morgan fingerprint density at radius 1 is 1.40 bits per heavy atom. The summed E-state index contributed by atoms with van der Waals surface area (Å²) in [6.07, 6.45) is 0. The number of hydrogen-bond donors (Lipinski definition) is 1. The molecule has 0 aliphatic carbocycles. The third-order valence-electron chi connectivity index (χ3n) is 2.71. The molecule has 2 rings (SSSR count). The Hall–Kier alpha value is -1.58. The van der Waals surface area contributed by atoms with Gasteiger partial charge in [-0.15, -0.1) is 10.2 Å². The van der Waals surface area contributed by atoms with E-state index in [4.69, 9.17) is 5.26 Å². The number of anilines is 2. The van der Waals surface area contributed by atoms with Gasteiger partial charge in [0.05, 0.1) is 12.0 Å². The summed E-state index contributed by atoms with van der Waals surface area (Å²) in [5.74, 6) is 0.772. The van der Waals surface area contributed by atoms with E-state index in [1.165, 1.54) is 22.5 Å². The Balaban J connectivity index is 2.01. The third kappa shape index (κ3) is 3.95. The maximum atomic E-state index is 8.76. The van der Waals surface area contributed by atoms with Gasteiger partial charge in [-0.2, -0.15) is 5.26 Å². The highest BCUT2D eigenvalue weighted by atomic mass is 32.2. The highest BCUT2D eigenvalue weighted by Crippen LogP contribution is 2.29. The molecule has 0 fully saturated rings. The summed E-state index contributed by atoms with van der Waals surface area (Å²) in [5.41, 5.74) is 3.48. The Kier molecular flexibility index (Phi) is 4.99. The van der Waals surface area contributed by atoms with Crippen molar-refractivity contribution in [3.63, 3.8) is 0 Å². The first-order valence-corrected chi connectivity index (χ1v) is 8.09. The van der Waals surface area contributed by atoms with Crippen LogP contribution in [0.4, 0.5) is 10.8 Å². The molecule has 1 atom stereocenters. The van der Waals surface area contributed by atoms with Crippen molar-refractivity contribution in [2.24, 2.45) is 5.92 Å². The predicted octanol–water partition coefficient (Wildman–Crippen LogP) is 4.15. The average Bonchev–Trinajstić information content (AvgIpc) is 2.87. The molecular weight excluding hydrogens is 288 g/mol. The molecule has 0 amide bonds. The van der Waals surface area contributed by atoms with Crippen LogP contribution in [0.5, 0.6) is 0 Å². The van der Waals surface area contributed by atoms with E-state index in [0.29, 0.717) is 0 Å². The van der Waals surface area contributed by atoms with Gasteiger partial charge in [-0.3, -0.25) is 0 Å². The summed E-state index contributed by atoms with van der Waals surface area (Å²) in [6.45, 7) is 6.05. The molecule has 104 valence electrons. The summed E-state index contributed by atoms with van der Waals surface area (Å²) in [5, 5.41) is 21.1. The van der Waals surface area contributed by atoms with Crippen molar-refractivity contribution < 1.29 is 0 Å². The van der Waals surface area contributed by atoms with Crippen molar-refractivity contribution in [1.29, 1.82) is 5.26 Å². The van der Waals surface area contributed by atoms with E-state index >= 15 is 0 Å². The predicted molar refractivity (Wildman–Crippen MR) is 84.6 cm³/mol. The Morgan fingerprint density at radius 3 is 2.90 bits per heavy atom. The summed E-state index contributed by atoms with van der Waals surface area (Å²) in [4.78, 5) is 0. The molecular formula is C14H16N4S2. The SMILES string of the molecule is Cc1ccc(Nc2nnc(SC[C@H](C)C#N)s2)c(C)c1. The van der Waals surface area contributed by atoms with E-state index in [0.717, 1.165) is 20.9 Å². The molecule has 0 saturated heterocycles. The fourth-order valence-corrected chi connectivity index (χ4v) is 3.35. The van der Waals surface area contributed by atoms with E-state index in [2.05, 4.69) is 53.6 Å². The fourth-order valence-electron chi connectivity index (χ4n) is 1.62. The summed E-state index contributed by atoms with van der Waals surface area (Å²) in [6, 6.07) is 8.47. The zero-order chi connectivity index (χ0) is 14.5. The van der Waals surface area contributed by atoms with Crippen LogP contribution in [0.25, 0.3) is 0 Å². The number of aromatic nitrogens is 2. The minimum absolute atomic E-state index is 0.0275. The highest BCUT2D eigenvalue weighted by molar-refractivity contribution is 8.01.